The van der Waals surface area contributed by atoms with Gasteiger partial charge >= 0.3 is 6.03 Å². The zero-order chi connectivity index (χ0) is 18.5. The summed E-state index contributed by atoms with van der Waals surface area (Å²) in [4.78, 5) is 19.7. The second-order valence-electron chi connectivity index (χ2n) is 8.16. The molecule has 0 bridgehead atoms. The van der Waals surface area contributed by atoms with Gasteiger partial charge in [0.15, 0.2) is 0 Å². The summed E-state index contributed by atoms with van der Waals surface area (Å²) in [6.07, 6.45) is 3.34. The fourth-order valence-electron chi connectivity index (χ4n) is 4.58. The van der Waals surface area contributed by atoms with Crippen molar-refractivity contribution in [2.45, 2.75) is 37.9 Å². The van der Waals surface area contributed by atoms with Crippen molar-refractivity contribution in [3.8, 4) is 0 Å². The average Bonchev–Trinajstić information content (AvgIpc) is 3.25. The zero-order valence-electron chi connectivity index (χ0n) is 16.3. The Kier molecular flexibility index (Phi) is 6.27. The van der Waals surface area contributed by atoms with Crippen LogP contribution >= 0.6 is 0 Å². The van der Waals surface area contributed by atoms with Crippen LogP contribution in [0.1, 0.15) is 24.8 Å². The highest BCUT2D eigenvalue weighted by Gasteiger charge is 2.29. The maximum atomic E-state index is 12.6. The second kappa shape index (κ2) is 9.04. The molecule has 1 aromatic rings. The van der Waals surface area contributed by atoms with Gasteiger partial charge in [-0.15, -0.1) is 0 Å². The normalized spacial score (nSPS) is 25.6. The van der Waals surface area contributed by atoms with Crippen molar-refractivity contribution in [2.24, 2.45) is 0 Å². The largest absolute Gasteiger partial charge is 0.335 e. The molecule has 2 N–H and O–H groups in total. The Hall–Kier alpha value is -1.63. The first-order valence-electron chi connectivity index (χ1n) is 10.5. The number of amides is 2. The standard InChI is InChI=1S/C21H33N5O/c27-21(26-14-12-25(13-15-26)20-6-9-22-16-20)23-19-7-10-24(11-8-19)17-18-4-2-1-3-5-18/h1-5,19-20,22H,6-17H2,(H,23,27). The summed E-state index contributed by atoms with van der Waals surface area (Å²) in [5.41, 5.74) is 1.37. The minimum Gasteiger partial charge on any atom is -0.335 e. The van der Waals surface area contributed by atoms with Crippen LogP contribution in [0.25, 0.3) is 0 Å². The summed E-state index contributed by atoms with van der Waals surface area (Å²) in [7, 11) is 0. The van der Waals surface area contributed by atoms with Crippen molar-refractivity contribution in [3.05, 3.63) is 35.9 Å². The van der Waals surface area contributed by atoms with E-state index in [0.29, 0.717) is 12.1 Å². The summed E-state index contributed by atoms with van der Waals surface area (Å²) in [5.74, 6) is 0. The van der Waals surface area contributed by atoms with Gasteiger partial charge in [0, 0.05) is 64.4 Å². The third-order valence-electron chi connectivity index (χ3n) is 6.32. The van der Waals surface area contributed by atoms with Crippen LogP contribution in [-0.2, 0) is 6.54 Å². The molecule has 0 aliphatic carbocycles. The Morgan fingerprint density at radius 2 is 1.74 bits per heavy atom. The smallest absolute Gasteiger partial charge is 0.317 e. The van der Waals surface area contributed by atoms with Crippen LogP contribution < -0.4 is 10.6 Å². The van der Waals surface area contributed by atoms with Gasteiger partial charge in [-0.25, -0.2) is 4.79 Å². The molecule has 0 spiro atoms. The molecule has 3 aliphatic heterocycles. The summed E-state index contributed by atoms with van der Waals surface area (Å²) in [6.45, 7) is 9.10. The lowest BCUT2D eigenvalue weighted by Crippen LogP contribution is -2.56. The molecule has 4 rings (SSSR count). The van der Waals surface area contributed by atoms with Crippen LogP contribution in [0.15, 0.2) is 30.3 Å². The minimum absolute atomic E-state index is 0.140. The maximum Gasteiger partial charge on any atom is 0.317 e. The lowest BCUT2D eigenvalue weighted by atomic mass is 10.0. The van der Waals surface area contributed by atoms with E-state index in [0.717, 1.165) is 71.7 Å². The predicted octanol–water partition coefficient (Wildman–Crippen LogP) is 1.34. The van der Waals surface area contributed by atoms with E-state index in [9.17, 15) is 4.79 Å². The third-order valence-corrected chi connectivity index (χ3v) is 6.32. The van der Waals surface area contributed by atoms with Gasteiger partial charge in [0.05, 0.1) is 0 Å². The fourth-order valence-corrected chi connectivity index (χ4v) is 4.58. The number of hydrogen-bond donors (Lipinski definition) is 2. The Morgan fingerprint density at radius 3 is 2.41 bits per heavy atom. The lowest BCUT2D eigenvalue weighted by Gasteiger charge is -2.39. The average molecular weight is 372 g/mol. The Balaban J connectivity index is 1.16. The fraction of sp³-hybridized carbons (Fsp3) is 0.667. The molecule has 0 saturated carbocycles. The molecule has 3 fully saturated rings. The molecular weight excluding hydrogens is 338 g/mol. The molecule has 1 atom stereocenters. The van der Waals surface area contributed by atoms with Gasteiger partial charge in [-0.2, -0.15) is 0 Å². The van der Waals surface area contributed by atoms with Gasteiger partial charge in [0.1, 0.15) is 0 Å². The van der Waals surface area contributed by atoms with E-state index in [4.69, 9.17) is 0 Å². The zero-order valence-corrected chi connectivity index (χ0v) is 16.3. The van der Waals surface area contributed by atoms with Gasteiger partial charge < -0.3 is 15.5 Å². The van der Waals surface area contributed by atoms with Crippen LogP contribution in [0, 0.1) is 0 Å². The van der Waals surface area contributed by atoms with Crippen LogP contribution in [0.3, 0.4) is 0 Å². The van der Waals surface area contributed by atoms with Crippen LogP contribution in [0.2, 0.25) is 0 Å². The first-order valence-corrected chi connectivity index (χ1v) is 10.5. The Labute approximate surface area is 162 Å². The molecule has 1 unspecified atom stereocenters. The molecule has 0 aromatic heterocycles. The van der Waals surface area contributed by atoms with E-state index in [1.54, 1.807) is 0 Å². The van der Waals surface area contributed by atoms with Gasteiger partial charge in [-0.1, -0.05) is 30.3 Å². The summed E-state index contributed by atoms with van der Waals surface area (Å²) in [5, 5.41) is 6.72. The highest BCUT2D eigenvalue weighted by molar-refractivity contribution is 5.74. The topological polar surface area (TPSA) is 50.9 Å². The molecule has 148 valence electrons. The number of piperidine rings is 1. The number of nitrogens with zero attached hydrogens (tertiary/aromatic N) is 3. The number of piperazine rings is 1. The molecule has 27 heavy (non-hydrogen) atoms. The van der Waals surface area contributed by atoms with Crippen molar-refractivity contribution in [2.75, 3.05) is 52.4 Å². The molecule has 3 heterocycles. The Bertz CT molecular complexity index is 588. The third kappa shape index (κ3) is 5.00. The van der Waals surface area contributed by atoms with Crippen molar-refractivity contribution < 1.29 is 4.79 Å². The number of rotatable bonds is 4. The number of benzene rings is 1. The molecule has 3 saturated heterocycles. The molecule has 0 radical (unpaired) electrons. The number of carbonyl (C=O) groups is 1. The van der Waals surface area contributed by atoms with E-state index in [2.05, 4.69) is 50.8 Å². The van der Waals surface area contributed by atoms with Crippen molar-refractivity contribution >= 4 is 6.03 Å². The molecule has 3 aliphatic rings. The quantitative estimate of drug-likeness (QED) is 0.839. The SMILES string of the molecule is O=C(NC1CCN(Cc2ccccc2)CC1)N1CCN(C2CCNC2)CC1. The lowest BCUT2D eigenvalue weighted by molar-refractivity contribution is 0.109. The number of carbonyl (C=O) groups excluding carboxylic acids is 1. The number of nitrogens with one attached hydrogen (secondary N) is 2. The number of likely N-dealkylation sites (tertiary alicyclic amines) is 1. The van der Waals surface area contributed by atoms with E-state index >= 15 is 0 Å². The highest BCUT2D eigenvalue weighted by atomic mass is 16.2. The van der Waals surface area contributed by atoms with Gasteiger partial charge in [0.25, 0.3) is 0 Å². The van der Waals surface area contributed by atoms with Gasteiger partial charge in [0.2, 0.25) is 0 Å². The van der Waals surface area contributed by atoms with E-state index in [-0.39, 0.29) is 6.03 Å². The summed E-state index contributed by atoms with van der Waals surface area (Å²) >= 11 is 0. The number of urea groups is 1. The van der Waals surface area contributed by atoms with E-state index < -0.39 is 0 Å². The molecule has 2 amide bonds. The molecule has 6 nitrogen and oxygen atoms in total. The van der Waals surface area contributed by atoms with Crippen LogP contribution in [0.5, 0.6) is 0 Å². The monoisotopic (exact) mass is 371 g/mol. The first-order chi connectivity index (χ1) is 13.3. The molecule has 1 aromatic carbocycles. The van der Waals surface area contributed by atoms with Gasteiger partial charge in [-0.3, -0.25) is 9.80 Å². The highest BCUT2D eigenvalue weighted by Crippen LogP contribution is 2.15. The van der Waals surface area contributed by atoms with Crippen molar-refractivity contribution in [3.63, 3.8) is 0 Å². The number of hydrogen-bond acceptors (Lipinski definition) is 4. The van der Waals surface area contributed by atoms with E-state index in [1.807, 2.05) is 4.90 Å². The summed E-state index contributed by atoms with van der Waals surface area (Å²) < 4.78 is 0. The molecule has 6 heteroatoms. The van der Waals surface area contributed by atoms with E-state index in [1.165, 1.54) is 12.0 Å². The van der Waals surface area contributed by atoms with Crippen LogP contribution in [0.4, 0.5) is 4.79 Å². The minimum atomic E-state index is 0.140. The van der Waals surface area contributed by atoms with Crippen molar-refractivity contribution in [1.82, 2.24) is 25.3 Å². The summed E-state index contributed by atoms with van der Waals surface area (Å²) in [6, 6.07) is 11.8. The predicted molar refractivity (Wildman–Crippen MR) is 108 cm³/mol. The Morgan fingerprint density at radius 1 is 1.00 bits per heavy atom. The van der Waals surface area contributed by atoms with Crippen LogP contribution in [-0.4, -0.2) is 85.2 Å². The second-order valence-corrected chi connectivity index (χ2v) is 8.16. The first kappa shape index (κ1) is 18.7. The maximum absolute atomic E-state index is 12.6. The molecular formula is C21H33N5O. The van der Waals surface area contributed by atoms with Crippen molar-refractivity contribution in [1.29, 1.82) is 0 Å². The van der Waals surface area contributed by atoms with Gasteiger partial charge in [-0.05, 0) is 31.4 Å².